The van der Waals surface area contributed by atoms with Gasteiger partial charge in [0.05, 0.1) is 5.69 Å². The second-order valence-electron chi connectivity index (χ2n) is 4.04. The first-order valence-electron chi connectivity index (χ1n) is 5.80. The van der Waals surface area contributed by atoms with E-state index in [-0.39, 0.29) is 0 Å². The fourth-order valence-electron chi connectivity index (χ4n) is 1.62. The van der Waals surface area contributed by atoms with Crippen LogP contribution in [0.1, 0.15) is 24.9 Å². The van der Waals surface area contributed by atoms with Gasteiger partial charge in [-0.15, -0.1) is 0 Å². The van der Waals surface area contributed by atoms with Crippen molar-refractivity contribution >= 4 is 15.9 Å². The summed E-state index contributed by atoms with van der Waals surface area (Å²) in [6, 6.07) is 3.62. The monoisotopic (exact) mass is 310 g/mol. The van der Waals surface area contributed by atoms with Crippen LogP contribution in [0.15, 0.2) is 16.7 Å². The lowest BCUT2D eigenvalue weighted by Crippen LogP contribution is -2.00. The average molecular weight is 311 g/mol. The Kier molecular flexibility index (Phi) is 3.96. The molecule has 0 saturated heterocycles. The maximum Gasteiger partial charge on any atom is 0.225 e. The summed E-state index contributed by atoms with van der Waals surface area (Å²) in [5.74, 6) is 1.98. The third-order valence-corrected chi connectivity index (χ3v) is 2.77. The van der Waals surface area contributed by atoms with Gasteiger partial charge in [-0.25, -0.2) is 9.67 Å². The van der Waals surface area contributed by atoms with Gasteiger partial charge >= 0.3 is 0 Å². The first kappa shape index (κ1) is 13.0. The lowest BCUT2D eigenvalue weighted by Gasteiger charge is -2.06. The standard InChI is InChI=1S/C12H15BrN4O/c1-4-5-10-14-9(13)7-11(15-10)18-12-6-8(2)16-17(12)3/h6-7H,4-5H2,1-3H3. The van der Waals surface area contributed by atoms with E-state index in [1.165, 1.54) is 0 Å². The molecule has 0 amide bonds. The van der Waals surface area contributed by atoms with Gasteiger partial charge in [0.15, 0.2) is 0 Å². The second-order valence-corrected chi connectivity index (χ2v) is 4.86. The van der Waals surface area contributed by atoms with Crippen LogP contribution in [0.2, 0.25) is 0 Å². The minimum Gasteiger partial charge on any atom is -0.421 e. The lowest BCUT2D eigenvalue weighted by molar-refractivity contribution is 0.412. The predicted molar refractivity (Wildman–Crippen MR) is 71.7 cm³/mol. The fourth-order valence-corrected chi connectivity index (χ4v) is 2.02. The molecule has 5 nitrogen and oxygen atoms in total. The molecular weight excluding hydrogens is 296 g/mol. The maximum atomic E-state index is 5.72. The Hall–Kier alpha value is -1.43. The quantitative estimate of drug-likeness (QED) is 0.815. The first-order chi connectivity index (χ1) is 8.58. The second kappa shape index (κ2) is 5.48. The molecule has 0 aliphatic rings. The Labute approximate surface area is 114 Å². The third-order valence-electron chi connectivity index (χ3n) is 2.36. The molecule has 0 N–H and O–H groups in total. The SMILES string of the molecule is CCCc1nc(Br)cc(Oc2cc(C)nn2C)n1. The Balaban J connectivity index is 2.25. The highest BCUT2D eigenvalue weighted by molar-refractivity contribution is 9.10. The molecule has 0 spiro atoms. The molecule has 0 radical (unpaired) electrons. The molecule has 2 heterocycles. The minimum absolute atomic E-state index is 0.531. The van der Waals surface area contributed by atoms with Gasteiger partial charge in [-0.05, 0) is 29.3 Å². The fraction of sp³-hybridized carbons (Fsp3) is 0.417. The van der Waals surface area contributed by atoms with Crippen LogP contribution in [-0.2, 0) is 13.5 Å². The molecule has 0 saturated carbocycles. The molecule has 0 aliphatic heterocycles. The summed E-state index contributed by atoms with van der Waals surface area (Å²) in [7, 11) is 1.84. The van der Waals surface area contributed by atoms with Gasteiger partial charge in [0, 0.05) is 25.6 Å². The highest BCUT2D eigenvalue weighted by Crippen LogP contribution is 2.22. The van der Waals surface area contributed by atoms with Gasteiger partial charge in [0.1, 0.15) is 10.4 Å². The van der Waals surface area contributed by atoms with Crippen molar-refractivity contribution in [2.75, 3.05) is 0 Å². The number of hydrogen-bond donors (Lipinski definition) is 0. The number of hydrogen-bond acceptors (Lipinski definition) is 4. The number of halogens is 1. The van der Waals surface area contributed by atoms with E-state index in [9.17, 15) is 0 Å². The summed E-state index contributed by atoms with van der Waals surface area (Å²) in [6.45, 7) is 4.01. The lowest BCUT2D eigenvalue weighted by atomic mass is 10.3. The van der Waals surface area contributed by atoms with Crippen molar-refractivity contribution in [3.8, 4) is 11.8 Å². The predicted octanol–water partition coefficient (Wildman–Crippen LogP) is 3.03. The molecule has 2 aromatic heterocycles. The van der Waals surface area contributed by atoms with E-state index in [0.717, 1.165) is 29.0 Å². The van der Waals surface area contributed by atoms with E-state index in [2.05, 4.69) is 37.9 Å². The molecular formula is C12H15BrN4O. The molecule has 2 aromatic rings. The van der Waals surface area contributed by atoms with Crippen LogP contribution < -0.4 is 4.74 Å². The highest BCUT2D eigenvalue weighted by Gasteiger charge is 2.08. The van der Waals surface area contributed by atoms with Crippen molar-refractivity contribution < 1.29 is 4.74 Å². The van der Waals surface area contributed by atoms with Crippen LogP contribution >= 0.6 is 15.9 Å². The molecule has 0 fully saturated rings. The van der Waals surface area contributed by atoms with Gasteiger partial charge in [0.25, 0.3) is 0 Å². The molecule has 18 heavy (non-hydrogen) atoms. The van der Waals surface area contributed by atoms with Crippen molar-refractivity contribution in [3.63, 3.8) is 0 Å². The largest absolute Gasteiger partial charge is 0.421 e. The number of rotatable bonds is 4. The topological polar surface area (TPSA) is 52.8 Å². The smallest absolute Gasteiger partial charge is 0.225 e. The Morgan fingerprint density at radius 2 is 2.11 bits per heavy atom. The van der Waals surface area contributed by atoms with Crippen molar-refractivity contribution in [3.05, 3.63) is 28.3 Å². The number of aromatic nitrogens is 4. The maximum absolute atomic E-state index is 5.72. The van der Waals surface area contributed by atoms with Crippen LogP contribution in [0.5, 0.6) is 11.8 Å². The third kappa shape index (κ3) is 3.07. The average Bonchev–Trinajstić information content (AvgIpc) is 2.57. The number of nitrogens with zero attached hydrogens (tertiary/aromatic N) is 4. The summed E-state index contributed by atoms with van der Waals surface area (Å²) in [6.07, 6.45) is 1.83. The van der Waals surface area contributed by atoms with Gasteiger partial charge < -0.3 is 4.74 Å². The zero-order valence-electron chi connectivity index (χ0n) is 10.6. The van der Waals surface area contributed by atoms with E-state index in [4.69, 9.17) is 4.74 Å². The zero-order valence-corrected chi connectivity index (χ0v) is 12.2. The van der Waals surface area contributed by atoms with Crippen molar-refractivity contribution in [2.24, 2.45) is 7.05 Å². The van der Waals surface area contributed by atoms with E-state index in [1.807, 2.05) is 20.0 Å². The van der Waals surface area contributed by atoms with E-state index in [0.29, 0.717) is 11.8 Å². The molecule has 0 atom stereocenters. The Morgan fingerprint density at radius 1 is 1.33 bits per heavy atom. The molecule has 96 valence electrons. The molecule has 6 heteroatoms. The van der Waals surface area contributed by atoms with E-state index in [1.54, 1.807) is 10.7 Å². The Bertz CT molecular complexity index is 553. The van der Waals surface area contributed by atoms with Crippen molar-refractivity contribution in [2.45, 2.75) is 26.7 Å². The minimum atomic E-state index is 0.531. The normalized spacial score (nSPS) is 10.7. The van der Waals surface area contributed by atoms with Gasteiger partial charge in [-0.2, -0.15) is 10.1 Å². The molecule has 0 bridgehead atoms. The summed E-state index contributed by atoms with van der Waals surface area (Å²) in [4.78, 5) is 8.66. The molecule has 0 aromatic carbocycles. The number of ether oxygens (including phenoxy) is 1. The van der Waals surface area contributed by atoms with Crippen LogP contribution in [0, 0.1) is 6.92 Å². The zero-order chi connectivity index (χ0) is 13.1. The Morgan fingerprint density at radius 3 is 2.72 bits per heavy atom. The highest BCUT2D eigenvalue weighted by atomic mass is 79.9. The molecule has 0 aliphatic carbocycles. The molecule has 2 rings (SSSR count). The molecule has 0 unspecified atom stereocenters. The van der Waals surface area contributed by atoms with Crippen LogP contribution in [0.4, 0.5) is 0 Å². The van der Waals surface area contributed by atoms with Gasteiger partial charge in [-0.3, -0.25) is 0 Å². The van der Waals surface area contributed by atoms with Crippen LogP contribution in [0.25, 0.3) is 0 Å². The van der Waals surface area contributed by atoms with Crippen molar-refractivity contribution in [1.29, 1.82) is 0 Å². The van der Waals surface area contributed by atoms with Crippen LogP contribution in [0.3, 0.4) is 0 Å². The first-order valence-corrected chi connectivity index (χ1v) is 6.59. The number of aryl methyl sites for hydroxylation is 3. The summed E-state index contributed by atoms with van der Waals surface area (Å²) >= 11 is 3.37. The summed E-state index contributed by atoms with van der Waals surface area (Å²) < 4.78 is 8.13. The van der Waals surface area contributed by atoms with E-state index >= 15 is 0 Å². The summed E-state index contributed by atoms with van der Waals surface area (Å²) in [5, 5.41) is 4.22. The van der Waals surface area contributed by atoms with Gasteiger partial charge in [0.2, 0.25) is 11.8 Å². The van der Waals surface area contributed by atoms with E-state index < -0.39 is 0 Å². The van der Waals surface area contributed by atoms with Crippen LogP contribution in [-0.4, -0.2) is 19.7 Å². The summed E-state index contributed by atoms with van der Waals surface area (Å²) in [5.41, 5.74) is 0.911. The van der Waals surface area contributed by atoms with Gasteiger partial charge in [-0.1, -0.05) is 6.92 Å². The van der Waals surface area contributed by atoms with Crippen molar-refractivity contribution in [1.82, 2.24) is 19.7 Å².